The summed E-state index contributed by atoms with van der Waals surface area (Å²) >= 11 is 0. The fourth-order valence-corrected chi connectivity index (χ4v) is 5.69. The molecule has 8 heteroatoms. The van der Waals surface area contributed by atoms with E-state index in [1.807, 2.05) is 24.8 Å². The lowest BCUT2D eigenvalue weighted by molar-refractivity contribution is -0.120. The van der Waals surface area contributed by atoms with Crippen LogP contribution >= 0.6 is 0 Å². The Morgan fingerprint density at radius 3 is 2.30 bits per heavy atom. The number of carbonyl (C=O) groups excluding carboxylic acids is 3. The third-order valence-corrected chi connectivity index (χ3v) is 7.99. The predicted octanol–water partition coefficient (Wildman–Crippen LogP) is 5.85. The molecule has 1 fully saturated rings. The normalized spacial score (nSPS) is 31.0. The highest BCUT2D eigenvalue weighted by molar-refractivity contribution is 6.23. The molecule has 2 bridgehead atoms. The number of Topliss-reactive ketones (excluding diaryl/α,β-unsaturated/α-hetero) is 1. The zero-order valence-corrected chi connectivity index (χ0v) is 27.8. The lowest BCUT2D eigenvalue weighted by Gasteiger charge is -2.37. The van der Waals surface area contributed by atoms with Crippen molar-refractivity contribution in [3.8, 4) is 0 Å². The number of nitrogens with one attached hydrogen (secondary N) is 1. The second-order valence-corrected chi connectivity index (χ2v) is 11.6. The van der Waals surface area contributed by atoms with Crippen molar-refractivity contribution in [3.63, 3.8) is 0 Å². The van der Waals surface area contributed by atoms with Crippen LogP contribution in [0, 0.1) is 11.8 Å². The number of ether oxygens (including phenoxy) is 3. The van der Waals surface area contributed by atoms with Crippen LogP contribution in [0.5, 0.6) is 0 Å². The zero-order valence-electron chi connectivity index (χ0n) is 27.8. The van der Waals surface area contributed by atoms with Crippen LogP contribution in [0.1, 0.15) is 80.6 Å². The monoisotopic (exact) mass is 598 g/mol. The van der Waals surface area contributed by atoms with E-state index in [2.05, 4.69) is 39.1 Å². The Labute approximate surface area is 259 Å². The second kappa shape index (κ2) is 18.1. The summed E-state index contributed by atoms with van der Waals surface area (Å²) in [7, 11) is 3.37. The molecule has 43 heavy (non-hydrogen) atoms. The third kappa shape index (κ3) is 10.1. The highest BCUT2D eigenvalue weighted by Gasteiger charge is 2.35. The maximum atomic E-state index is 13.7. The summed E-state index contributed by atoms with van der Waals surface area (Å²) in [5, 5.41) is 2.70. The molecular weight excluding hydrogens is 544 g/mol. The molecule has 5 atom stereocenters. The first-order valence-corrected chi connectivity index (χ1v) is 15.9. The SMILES string of the molecule is CC.CCCO[C@H]1/C(C)=C/[C@H](C)CC(OC)C[C@H](C)CC2=C(N3CCC3)C(=O)C=C(NC(=O)/C(C)=C/C=C\[C@@H]1OC)C2=O. The van der Waals surface area contributed by atoms with E-state index in [-0.39, 0.29) is 47.4 Å². The number of hydrogen-bond acceptors (Lipinski definition) is 7. The van der Waals surface area contributed by atoms with E-state index >= 15 is 0 Å². The van der Waals surface area contributed by atoms with Crippen molar-refractivity contribution in [3.05, 3.63) is 58.5 Å². The number of fused-ring (bicyclic) bond motifs is 2. The Bertz CT molecular complexity index is 1130. The van der Waals surface area contributed by atoms with Crippen molar-refractivity contribution in [2.75, 3.05) is 33.9 Å². The number of allylic oxidation sites excluding steroid dienone is 5. The van der Waals surface area contributed by atoms with Gasteiger partial charge in [-0.25, -0.2) is 0 Å². The fraction of sp³-hybridized carbons (Fsp3) is 0.629. The first-order chi connectivity index (χ1) is 20.6. The summed E-state index contributed by atoms with van der Waals surface area (Å²) in [6, 6.07) is 0. The van der Waals surface area contributed by atoms with Gasteiger partial charge >= 0.3 is 0 Å². The van der Waals surface area contributed by atoms with Gasteiger partial charge in [0.1, 0.15) is 12.2 Å². The van der Waals surface area contributed by atoms with Gasteiger partial charge in [0, 0.05) is 51.1 Å². The summed E-state index contributed by atoms with van der Waals surface area (Å²) in [5.41, 5.74) is 2.47. The molecule has 3 rings (SSSR count). The first-order valence-electron chi connectivity index (χ1n) is 15.9. The molecule has 2 aliphatic heterocycles. The molecule has 0 aromatic carbocycles. The molecule has 0 aromatic rings. The molecule has 3 aliphatic rings. The van der Waals surface area contributed by atoms with Crippen molar-refractivity contribution >= 4 is 17.5 Å². The molecule has 1 aliphatic carbocycles. The Hall–Kier alpha value is -2.81. The Morgan fingerprint density at radius 2 is 1.72 bits per heavy atom. The van der Waals surface area contributed by atoms with Crippen LogP contribution < -0.4 is 5.32 Å². The number of nitrogens with zero attached hydrogens (tertiary/aromatic N) is 1. The largest absolute Gasteiger partial charge is 0.381 e. The molecule has 8 nitrogen and oxygen atoms in total. The van der Waals surface area contributed by atoms with E-state index in [9.17, 15) is 14.4 Å². The van der Waals surface area contributed by atoms with Crippen LogP contribution in [-0.4, -0.2) is 74.6 Å². The summed E-state index contributed by atoms with van der Waals surface area (Å²) in [6.07, 6.45) is 12.0. The number of hydrogen-bond donors (Lipinski definition) is 1. The standard InChI is InChI=1S/C33H48N2O6.C2H6/c1-8-15-41-32-24(5)16-21(2)17-25(39-6)18-22(3)19-26-30(35-13-10-14-35)28(36)20-27(31(26)37)34-33(38)23(4)11-9-12-29(32)40-7;1-2/h9,11-12,16,20-22,25,29,32H,8,10,13-15,17-19H2,1-7H3,(H,34,38);1-2H3/b12-9-,23-11+,24-16+;/t21-,22-,25?,29-,32-;/m0./s1. The van der Waals surface area contributed by atoms with Gasteiger partial charge in [0.15, 0.2) is 0 Å². The molecule has 0 aromatic heterocycles. The highest BCUT2D eigenvalue weighted by Crippen LogP contribution is 2.32. The minimum atomic E-state index is -0.433. The van der Waals surface area contributed by atoms with Crippen molar-refractivity contribution in [2.45, 2.75) is 98.9 Å². The molecule has 1 N–H and O–H groups in total. The van der Waals surface area contributed by atoms with E-state index in [0.717, 1.165) is 44.3 Å². The number of amides is 1. The highest BCUT2D eigenvalue weighted by atomic mass is 16.5. The van der Waals surface area contributed by atoms with Crippen LogP contribution in [0.4, 0.5) is 0 Å². The van der Waals surface area contributed by atoms with Gasteiger partial charge in [-0.3, -0.25) is 14.4 Å². The van der Waals surface area contributed by atoms with Crippen LogP contribution in [0.2, 0.25) is 0 Å². The molecule has 240 valence electrons. The maximum absolute atomic E-state index is 13.7. The Balaban J connectivity index is 0.00000316. The van der Waals surface area contributed by atoms with Crippen molar-refractivity contribution in [1.82, 2.24) is 10.2 Å². The molecular formula is C35H54N2O6. The number of rotatable bonds is 6. The molecule has 1 unspecified atom stereocenters. The van der Waals surface area contributed by atoms with Crippen molar-refractivity contribution in [1.29, 1.82) is 0 Å². The van der Waals surface area contributed by atoms with E-state index in [1.165, 1.54) is 6.08 Å². The van der Waals surface area contributed by atoms with Gasteiger partial charge in [-0.1, -0.05) is 58.9 Å². The number of likely N-dealkylation sites (tertiary alicyclic amines) is 1. The molecule has 1 saturated heterocycles. The summed E-state index contributed by atoms with van der Waals surface area (Å²) in [5.74, 6) is -0.647. The number of carbonyl (C=O) groups is 3. The minimum Gasteiger partial charge on any atom is -0.381 e. The topological polar surface area (TPSA) is 94.2 Å². The number of ketones is 2. The average molecular weight is 599 g/mol. The predicted molar refractivity (Wildman–Crippen MR) is 171 cm³/mol. The van der Waals surface area contributed by atoms with Crippen LogP contribution in [0.15, 0.2) is 58.5 Å². The summed E-state index contributed by atoms with van der Waals surface area (Å²) in [4.78, 5) is 42.0. The van der Waals surface area contributed by atoms with Gasteiger partial charge in [0.2, 0.25) is 11.6 Å². The third-order valence-electron chi connectivity index (χ3n) is 7.99. The lowest BCUT2D eigenvalue weighted by Crippen LogP contribution is -2.43. The van der Waals surface area contributed by atoms with Crippen LogP contribution in [-0.2, 0) is 28.6 Å². The smallest absolute Gasteiger partial charge is 0.251 e. The quantitative estimate of drug-likeness (QED) is 0.303. The van der Waals surface area contributed by atoms with Gasteiger partial charge in [0.05, 0.1) is 17.5 Å². The van der Waals surface area contributed by atoms with Crippen LogP contribution in [0.25, 0.3) is 0 Å². The second-order valence-electron chi connectivity index (χ2n) is 11.6. The summed E-state index contributed by atoms with van der Waals surface area (Å²) < 4.78 is 17.9. The lowest BCUT2D eigenvalue weighted by atomic mass is 9.85. The van der Waals surface area contributed by atoms with E-state index < -0.39 is 5.91 Å². The molecule has 2 heterocycles. The van der Waals surface area contributed by atoms with Gasteiger partial charge in [-0.2, -0.15) is 0 Å². The van der Waals surface area contributed by atoms with Gasteiger partial charge in [0.25, 0.3) is 5.91 Å². The fourth-order valence-electron chi connectivity index (χ4n) is 5.69. The van der Waals surface area contributed by atoms with Crippen LogP contribution in [0.3, 0.4) is 0 Å². The first kappa shape index (κ1) is 36.4. The average Bonchev–Trinajstić information content (AvgIpc) is 2.95. The summed E-state index contributed by atoms with van der Waals surface area (Å²) in [6.45, 7) is 16.2. The van der Waals surface area contributed by atoms with Gasteiger partial charge in [-0.05, 0) is 63.4 Å². The Kier molecular flexibility index (Phi) is 15.3. The number of methoxy groups -OCH3 is 2. The molecule has 0 saturated carbocycles. The zero-order chi connectivity index (χ0) is 32.1. The minimum absolute atomic E-state index is 0.0247. The van der Waals surface area contributed by atoms with E-state index in [0.29, 0.717) is 29.9 Å². The molecule has 1 amide bonds. The van der Waals surface area contributed by atoms with Gasteiger partial charge < -0.3 is 24.4 Å². The van der Waals surface area contributed by atoms with Crippen molar-refractivity contribution < 1.29 is 28.6 Å². The molecule has 0 radical (unpaired) electrons. The van der Waals surface area contributed by atoms with E-state index in [4.69, 9.17) is 14.2 Å². The Morgan fingerprint density at radius 1 is 1.02 bits per heavy atom. The van der Waals surface area contributed by atoms with E-state index in [1.54, 1.807) is 33.3 Å². The maximum Gasteiger partial charge on any atom is 0.251 e. The van der Waals surface area contributed by atoms with Crippen molar-refractivity contribution in [2.24, 2.45) is 11.8 Å². The molecule has 0 spiro atoms. The van der Waals surface area contributed by atoms with Gasteiger partial charge in [-0.15, -0.1) is 0 Å².